The lowest BCUT2D eigenvalue weighted by Gasteiger charge is -2.09. The van der Waals surface area contributed by atoms with Gasteiger partial charge in [-0.15, -0.1) is 0 Å². The number of benzene rings is 2. The number of esters is 1. The van der Waals surface area contributed by atoms with Gasteiger partial charge in [0.25, 0.3) is 0 Å². The number of amides is 1. The van der Waals surface area contributed by atoms with E-state index < -0.39 is 11.7 Å². The Bertz CT molecular complexity index is 1050. The van der Waals surface area contributed by atoms with Gasteiger partial charge in [0, 0.05) is 24.7 Å². The van der Waals surface area contributed by atoms with E-state index >= 15 is 0 Å². The average Bonchev–Trinajstić information content (AvgIpc) is 3.02. The second kappa shape index (κ2) is 9.59. The number of nitrogens with zero attached hydrogens (tertiary/aromatic N) is 1. The van der Waals surface area contributed by atoms with Gasteiger partial charge in [0.1, 0.15) is 5.75 Å². The topological polar surface area (TPSA) is 99.8 Å². The fourth-order valence-corrected chi connectivity index (χ4v) is 2.86. The van der Waals surface area contributed by atoms with Gasteiger partial charge < -0.3 is 19.2 Å². The molecule has 0 fully saturated rings. The lowest BCUT2D eigenvalue weighted by molar-refractivity contribution is -0.145. The van der Waals surface area contributed by atoms with Gasteiger partial charge in [-0.25, -0.2) is 9.59 Å². The molecule has 3 rings (SSSR count). The molecule has 1 aromatic heterocycles. The van der Waals surface area contributed by atoms with Crippen LogP contribution in [0.2, 0.25) is 0 Å². The summed E-state index contributed by atoms with van der Waals surface area (Å²) in [5.74, 6) is -0.623. The Morgan fingerprint density at radius 2 is 1.97 bits per heavy atom. The van der Waals surface area contributed by atoms with Crippen LogP contribution in [0, 0.1) is 0 Å². The predicted octanol–water partition coefficient (Wildman–Crippen LogP) is 2.96. The predicted molar refractivity (Wildman–Crippen MR) is 107 cm³/mol. The van der Waals surface area contributed by atoms with Crippen molar-refractivity contribution in [3.63, 3.8) is 0 Å². The highest BCUT2D eigenvalue weighted by Crippen LogP contribution is 2.18. The fraction of sp³-hybridized carbons (Fsp3) is 0.286. The van der Waals surface area contributed by atoms with Gasteiger partial charge in [0.15, 0.2) is 12.2 Å². The van der Waals surface area contributed by atoms with Crippen molar-refractivity contribution in [3.8, 4) is 5.75 Å². The maximum Gasteiger partial charge on any atom is 0.419 e. The number of rotatable bonds is 9. The number of aryl methyl sites for hydroxylation is 1. The van der Waals surface area contributed by atoms with E-state index in [1.54, 1.807) is 43.3 Å². The van der Waals surface area contributed by atoms with Gasteiger partial charge in [-0.3, -0.25) is 9.36 Å². The number of hydrogen-bond donors (Lipinski definition) is 1. The highest BCUT2D eigenvalue weighted by molar-refractivity contribution is 5.90. The first-order valence-electron chi connectivity index (χ1n) is 9.33. The highest BCUT2D eigenvalue weighted by Gasteiger charge is 2.10. The summed E-state index contributed by atoms with van der Waals surface area (Å²) >= 11 is 0. The van der Waals surface area contributed by atoms with Crippen LogP contribution in [-0.2, 0) is 20.9 Å². The number of fused-ring (bicyclic) bond motifs is 1. The average molecular weight is 398 g/mol. The van der Waals surface area contributed by atoms with Crippen molar-refractivity contribution in [2.75, 3.05) is 18.5 Å². The molecule has 1 N–H and O–H groups in total. The Morgan fingerprint density at radius 3 is 2.79 bits per heavy atom. The van der Waals surface area contributed by atoms with Crippen LogP contribution in [0.5, 0.6) is 5.75 Å². The summed E-state index contributed by atoms with van der Waals surface area (Å²) in [7, 11) is 0. The van der Waals surface area contributed by atoms with E-state index in [9.17, 15) is 14.4 Å². The van der Waals surface area contributed by atoms with Crippen molar-refractivity contribution in [2.45, 2.75) is 26.3 Å². The first-order valence-corrected chi connectivity index (χ1v) is 9.33. The summed E-state index contributed by atoms with van der Waals surface area (Å²) in [5.41, 5.74) is 1.80. The van der Waals surface area contributed by atoms with Crippen LogP contribution in [0.4, 0.5) is 5.69 Å². The standard InChI is InChI=1S/C21H22N2O6/c1-2-27-20(25)14-28-16-8-5-7-15(13-16)22-19(24)11-6-12-23-17-9-3-4-10-18(17)29-21(23)26/h3-5,7-10,13H,2,6,11-12,14H2,1H3,(H,22,24). The Hall–Kier alpha value is -3.55. The molecule has 152 valence electrons. The number of carbonyl (C=O) groups is 2. The first kappa shape index (κ1) is 20.2. The molecule has 29 heavy (non-hydrogen) atoms. The Kier molecular flexibility index (Phi) is 6.67. The molecule has 8 heteroatoms. The van der Waals surface area contributed by atoms with Crippen LogP contribution < -0.4 is 15.8 Å². The molecule has 0 spiro atoms. The van der Waals surface area contributed by atoms with Gasteiger partial charge in [-0.1, -0.05) is 18.2 Å². The van der Waals surface area contributed by atoms with Crippen molar-refractivity contribution in [1.29, 1.82) is 0 Å². The summed E-state index contributed by atoms with van der Waals surface area (Å²) < 4.78 is 16.9. The van der Waals surface area contributed by atoms with Gasteiger partial charge in [-0.2, -0.15) is 0 Å². The summed E-state index contributed by atoms with van der Waals surface area (Å²) in [5, 5.41) is 2.78. The van der Waals surface area contributed by atoms with Gasteiger partial charge >= 0.3 is 11.7 Å². The van der Waals surface area contributed by atoms with Crippen molar-refractivity contribution >= 4 is 28.7 Å². The largest absolute Gasteiger partial charge is 0.482 e. The van der Waals surface area contributed by atoms with E-state index in [1.807, 2.05) is 12.1 Å². The molecule has 0 radical (unpaired) electrons. The molecular weight excluding hydrogens is 376 g/mol. The van der Waals surface area contributed by atoms with Crippen molar-refractivity contribution in [2.24, 2.45) is 0 Å². The molecule has 0 aliphatic rings. The highest BCUT2D eigenvalue weighted by atomic mass is 16.6. The molecule has 0 atom stereocenters. The molecule has 0 aliphatic heterocycles. The lowest BCUT2D eigenvalue weighted by atomic mass is 10.2. The molecule has 3 aromatic rings. The monoisotopic (exact) mass is 398 g/mol. The summed E-state index contributed by atoms with van der Waals surface area (Å²) in [6.07, 6.45) is 0.716. The molecule has 0 aliphatic carbocycles. The maximum atomic E-state index is 12.2. The number of hydrogen-bond acceptors (Lipinski definition) is 6. The van der Waals surface area contributed by atoms with E-state index in [0.717, 1.165) is 0 Å². The molecule has 8 nitrogen and oxygen atoms in total. The van der Waals surface area contributed by atoms with Crippen LogP contribution in [0.25, 0.3) is 11.1 Å². The fourth-order valence-electron chi connectivity index (χ4n) is 2.86. The maximum absolute atomic E-state index is 12.2. The van der Waals surface area contributed by atoms with E-state index in [0.29, 0.717) is 42.1 Å². The zero-order valence-electron chi connectivity index (χ0n) is 16.1. The third-order valence-corrected chi connectivity index (χ3v) is 4.14. The smallest absolute Gasteiger partial charge is 0.419 e. The Morgan fingerprint density at radius 1 is 1.14 bits per heavy atom. The van der Waals surface area contributed by atoms with E-state index in [-0.39, 0.29) is 18.9 Å². The molecular formula is C21H22N2O6. The van der Waals surface area contributed by atoms with E-state index in [2.05, 4.69) is 5.32 Å². The number of para-hydroxylation sites is 2. The zero-order valence-corrected chi connectivity index (χ0v) is 16.1. The molecule has 0 saturated carbocycles. The number of oxazole rings is 1. The van der Waals surface area contributed by atoms with Crippen LogP contribution in [-0.4, -0.2) is 29.7 Å². The van der Waals surface area contributed by atoms with Gasteiger partial charge in [0.05, 0.1) is 12.1 Å². The first-order chi connectivity index (χ1) is 14.1. The molecule has 1 amide bonds. The molecule has 0 saturated heterocycles. The van der Waals surface area contributed by atoms with Crippen LogP contribution in [0.15, 0.2) is 57.7 Å². The number of anilines is 1. The number of carbonyl (C=O) groups excluding carboxylic acids is 2. The number of ether oxygens (including phenoxy) is 2. The minimum Gasteiger partial charge on any atom is -0.482 e. The number of aromatic nitrogens is 1. The summed E-state index contributed by atoms with van der Waals surface area (Å²) in [6.45, 7) is 2.20. The van der Waals surface area contributed by atoms with Crippen LogP contribution in [0.3, 0.4) is 0 Å². The minimum atomic E-state index is -0.455. The lowest BCUT2D eigenvalue weighted by Crippen LogP contribution is -2.17. The molecule has 0 bridgehead atoms. The molecule has 2 aromatic carbocycles. The van der Waals surface area contributed by atoms with E-state index in [4.69, 9.17) is 13.9 Å². The van der Waals surface area contributed by atoms with Crippen molar-refractivity contribution in [3.05, 3.63) is 59.1 Å². The minimum absolute atomic E-state index is 0.187. The second-order valence-electron chi connectivity index (χ2n) is 6.26. The van der Waals surface area contributed by atoms with Gasteiger partial charge in [0.2, 0.25) is 5.91 Å². The molecule has 0 unspecified atom stereocenters. The van der Waals surface area contributed by atoms with Crippen molar-refractivity contribution < 1.29 is 23.5 Å². The summed E-state index contributed by atoms with van der Waals surface area (Å²) in [4.78, 5) is 35.5. The normalized spacial score (nSPS) is 10.7. The second-order valence-corrected chi connectivity index (χ2v) is 6.26. The third kappa shape index (κ3) is 5.47. The Labute approximate surface area is 167 Å². The molecule has 1 heterocycles. The van der Waals surface area contributed by atoms with E-state index in [1.165, 1.54) is 4.57 Å². The SMILES string of the molecule is CCOC(=O)COc1cccc(NC(=O)CCCn2c(=O)oc3ccccc32)c1. The van der Waals surface area contributed by atoms with Crippen LogP contribution in [0.1, 0.15) is 19.8 Å². The van der Waals surface area contributed by atoms with Gasteiger partial charge in [-0.05, 0) is 37.6 Å². The van der Waals surface area contributed by atoms with Crippen LogP contribution >= 0.6 is 0 Å². The quantitative estimate of drug-likeness (QED) is 0.556. The zero-order chi connectivity index (χ0) is 20.6. The summed E-state index contributed by atoms with van der Waals surface area (Å²) in [6, 6.07) is 13.9. The van der Waals surface area contributed by atoms with Crippen molar-refractivity contribution in [1.82, 2.24) is 4.57 Å². The Balaban J connectivity index is 1.50. The third-order valence-electron chi connectivity index (χ3n) is 4.14. The number of nitrogens with one attached hydrogen (secondary N) is 1.